The minimum atomic E-state index is -0.846. The maximum atomic E-state index is 11.6. The van der Waals surface area contributed by atoms with Crippen LogP contribution in [0.15, 0.2) is 0 Å². The molecule has 2 atom stereocenters. The quantitative estimate of drug-likeness (QED) is 0.828. The molecule has 0 aromatic carbocycles. The molecule has 106 valence electrons. The highest BCUT2D eigenvalue weighted by molar-refractivity contribution is 5.66. The molecule has 0 aromatic rings. The third kappa shape index (κ3) is 2.70. The second kappa shape index (κ2) is 5.40. The zero-order chi connectivity index (χ0) is 14.0. The van der Waals surface area contributed by atoms with Gasteiger partial charge in [-0.2, -0.15) is 5.26 Å². The Hall–Kier alpha value is -1.24. The Morgan fingerprint density at radius 2 is 1.84 bits per heavy atom. The third-order valence-electron chi connectivity index (χ3n) is 4.97. The minimum absolute atomic E-state index is 0.135. The minimum Gasteiger partial charge on any atom is -0.465 e. The van der Waals surface area contributed by atoms with E-state index in [1.807, 2.05) is 13.8 Å². The predicted octanol–water partition coefficient (Wildman–Crippen LogP) is 3.63. The van der Waals surface area contributed by atoms with Crippen molar-refractivity contribution in [2.75, 3.05) is 0 Å². The Balaban J connectivity index is 2.18. The maximum absolute atomic E-state index is 11.6. The average molecular weight is 264 g/mol. The molecular formula is C15H24N2O2. The van der Waals surface area contributed by atoms with Gasteiger partial charge in [0.05, 0.1) is 17.5 Å². The summed E-state index contributed by atoms with van der Waals surface area (Å²) >= 11 is 0. The summed E-state index contributed by atoms with van der Waals surface area (Å²) in [6.07, 6.45) is 6.93. The predicted molar refractivity (Wildman–Crippen MR) is 72.6 cm³/mol. The molecule has 2 fully saturated rings. The SMILES string of the molecule is CC(C)(C#N)[C@H]1CC[C@@H](C2CCCCC2)N1C(=O)O. The second-order valence-electron chi connectivity index (χ2n) is 6.58. The van der Waals surface area contributed by atoms with Gasteiger partial charge in [0.25, 0.3) is 0 Å². The molecule has 1 heterocycles. The number of carbonyl (C=O) groups is 1. The smallest absolute Gasteiger partial charge is 0.407 e. The lowest BCUT2D eigenvalue weighted by Crippen LogP contribution is -2.49. The van der Waals surface area contributed by atoms with Crippen molar-refractivity contribution in [2.24, 2.45) is 11.3 Å². The van der Waals surface area contributed by atoms with E-state index in [1.54, 1.807) is 4.90 Å². The first-order valence-electron chi connectivity index (χ1n) is 7.40. The molecule has 1 aliphatic carbocycles. The molecule has 1 amide bonds. The van der Waals surface area contributed by atoms with Crippen LogP contribution in [0.4, 0.5) is 4.79 Å². The molecule has 0 aromatic heterocycles. The van der Waals surface area contributed by atoms with Crippen LogP contribution >= 0.6 is 0 Å². The lowest BCUT2D eigenvalue weighted by Gasteiger charge is -2.38. The van der Waals surface area contributed by atoms with E-state index in [-0.39, 0.29) is 12.1 Å². The van der Waals surface area contributed by atoms with E-state index in [4.69, 9.17) is 0 Å². The summed E-state index contributed by atoms with van der Waals surface area (Å²) in [7, 11) is 0. The molecule has 1 saturated heterocycles. The first-order chi connectivity index (χ1) is 8.97. The monoisotopic (exact) mass is 264 g/mol. The fourth-order valence-electron chi connectivity index (χ4n) is 3.88. The van der Waals surface area contributed by atoms with Gasteiger partial charge in [-0.3, -0.25) is 0 Å². The summed E-state index contributed by atoms with van der Waals surface area (Å²) in [6, 6.07) is 2.27. The van der Waals surface area contributed by atoms with Crippen LogP contribution in [-0.2, 0) is 0 Å². The molecule has 0 bridgehead atoms. The van der Waals surface area contributed by atoms with Gasteiger partial charge in [-0.15, -0.1) is 0 Å². The van der Waals surface area contributed by atoms with Crippen molar-refractivity contribution in [3.63, 3.8) is 0 Å². The van der Waals surface area contributed by atoms with Crippen LogP contribution in [-0.4, -0.2) is 28.2 Å². The van der Waals surface area contributed by atoms with Crippen molar-refractivity contribution in [3.8, 4) is 6.07 Å². The number of hydrogen-bond acceptors (Lipinski definition) is 2. The normalized spacial score (nSPS) is 29.2. The summed E-state index contributed by atoms with van der Waals surface area (Å²) < 4.78 is 0. The molecule has 0 unspecified atom stereocenters. The number of nitriles is 1. The fourth-order valence-corrected chi connectivity index (χ4v) is 3.88. The zero-order valence-electron chi connectivity index (χ0n) is 11.9. The molecule has 2 rings (SSSR count). The van der Waals surface area contributed by atoms with Crippen LogP contribution < -0.4 is 0 Å². The highest BCUT2D eigenvalue weighted by Gasteiger charge is 2.47. The fraction of sp³-hybridized carbons (Fsp3) is 0.867. The largest absolute Gasteiger partial charge is 0.465 e. The number of rotatable bonds is 2. The molecule has 1 N–H and O–H groups in total. The summed E-state index contributed by atoms with van der Waals surface area (Å²) in [5, 5.41) is 18.8. The summed E-state index contributed by atoms with van der Waals surface area (Å²) in [5.74, 6) is 0.504. The summed E-state index contributed by atoms with van der Waals surface area (Å²) in [5.41, 5.74) is -0.595. The molecule has 1 aliphatic heterocycles. The maximum Gasteiger partial charge on any atom is 0.407 e. The summed E-state index contributed by atoms with van der Waals surface area (Å²) in [4.78, 5) is 13.3. The van der Waals surface area contributed by atoms with Gasteiger partial charge in [0.15, 0.2) is 0 Å². The standard InChI is InChI=1S/C15H24N2O2/c1-15(2,10-16)13-9-8-12(17(13)14(18)19)11-6-4-3-5-7-11/h11-13H,3-9H2,1-2H3,(H,18,19)/t12-,13+/m0/s1. The third-order valence-corrected chi connectivity index (χ3v) is 4.97. The van der Waals surface area contributed by atoms with Crippen molar-refractivity contribution in [3.05, 3.63) is 0 Å². The van der Waals surface area contributed by atoms with Gasteiger partial charge >= 0.3 is 6.09 Å². The molecule has 0 radical (unpaired) electrons. The zero-order valence-corrected chi connectivity index (χ0v) is 11.9. The van der Waals surface area contributed by atoms with Crippen LogP contribution in [0.5, 0.6) is 0 Å². The Morgan fingerprint density at radius 3 is 2.37 bits per heavy atom. The van der Waals surface area contributed by atoms with E-state index in [1.165, 1.54) is 19.3 Å². The van der Waals surface area contributed by atoms with E-state index in [9.17, 15) is 15.2 Å². The first kappa shape index (κ1) is 14.2. The molecule has 1 saturated carbocycles. The Labute approximate surface area is 115 Å². The van der Waals surface area contributed by atoms with Crippen LogP contribution in [0, 0.1) is 22.7 Å². The second-order valence-corrected chi connectivity index (χ2v) is 6.58. The average Bonchev–Trinajstić information content (AvgIpc) is 2.85. The lowest BCUT2D eigenvalue weighted by molar-refractivity contribution is 0.0738. The number of nitrogens with zero attached hydrogens (tertiary/aromatic N) is 2. The molecule has 2 aliphatic rings. The van der Waals surface area contributed by atoms with Gasteiger partial charge in [0.2, 0.25) is 0 Å². The van der Waals surface area contributed by atoms with Crippen molar-refractivity contribution in [1.82, 2.24) is 4.90 Å². The highest BCUT2D eigenvalue weighted by Crippen LogP contribution is 2.42. The van der Waals surface area contributed by atoms with E-state index in [0.717, 1.165) is 25.7 Å². The Bertz CT molecular complexity index is 380. The van der Waals surface area contributed by atoms with Gasteiger partial charge in [-0.25, -0.2) is 4.79 Å². The summed E-state index contributed by atoms with van der Waals surface area (Å²) in [6.45, 7) is 3.72. The lowest BCUT2D eigenvalue weighted by atomic mass is 9.83. The van der Waals surface area contributed by atoms with Gasteiger partial charge in [-0.1, -0.05) is 19.3 Å². The van der Waals surface area contributed by atoms with Gasteiger partial charge in [-0.05, 0) is 45.4 Å². The molecular weight excluding hydrogens is 240 g/mol. The van der Waals surface area contributed by atoms with Gasteiger partial charge in [0, 0.05) is 6.04 Å². The van der Waals surface area contributed by atoms with Crippen LogP contribution in [0.25, 0.3) is 0 Å². The van der Waals surface area contributed by atoms with Crippen LogP contribution in [0.1, 0.15) is 58.8 Å². The molecule has 19 heavy (non-hydrogen) atoms. The van der Waals surface area contributed by atoms with Crippen molar-refractivity contribution < 1.29 is 9.90 Å². The first-order valence-corrected chi connectivity index (χ1v) is 7.40. The van der Waals surface area contributed by atoms with E-state index < -0.39 is 11.5 Å². The number of carboxylic acid groups (broad SMARTS) is 1. The number of hydrogen-bond donors (Lipinski definition) is 1. The number of likely N-dealkylation sites (tertiary alicyclic amines) is 1. The van der Waals surface area contributed by atoms with Gasteiger partial charge < -0.3 is 10.0 Å². The van der Waals surface area contributed by atoms with Crippen molar-refractivity contribution in [2.45, 2.75) is 70.9 Å². The van der Waals surface area contributed by atoms with Crippen molar-refractivity contribution in [1.29, 1.82) is 5.26 Å². The van der Waals surface area contributed by atoms with Crippen LogP contribution in [0.3, 0.4) is 0 Å². The highest BCUT2D eigenvalue weighted by atomic mass is 16.4. The van der Waals surface area contributed by atoms with Crippen molar-refractivity contribution >= 4 is 6.09 Å². The topological polar surface area (TPSA) is 64.3 Å². The van der Waals surface area contributed by atoms with E-state index >= 15 is 0 Å². The van der Waals surface area contributed by atoms with E-state index in [2.05, 4.69) is 6.07 Å². The number of amides is 1. The molecule has 4 heteroatoms. The van der Waals surface area contributed by atoms with E-state index in [0.29, 0.717) is 5.92 Å². The molecule has 4 nitrogen and oxygen atoms in total. The van der Waals surface area contributed by atoms with Crippen LogP contribution in [0.2, 0.25) is 0 Å². The Morgan fingerprint density at radius 1 is 1.21 bits per heavy atom. The van der Waals surface area contributed by atoms with Gasteiger partial charge in [0.1, 0.15) is 0 Å². The Kier molecular flexibility index (Phi) is 4.03. The molecule has 0 spiro atoms.